The predicted octanol–water partition coefficient (Wildman–Crippen LogP) is 2.97. The minimum absolute atomic E-state index is 0.221. The molecule has 3 heterocycles. The summed E-state index contributed by atoms with van der Waals surface area (Å²) >= 11 is 0. The highest BCUT2D eigenvalue weighted by Crippen LogP contribution is 2.27. The molecule has 1 aromatic carbocycles. The van der Waals surface area contributed by atoms with E-state index in [9.17, 15) is 5.11 Å². The van der Waals surface area contributed by atoms with Gasteiger partial charge in [0.1, 0.15) is 11.4 Å². The molecule has 0 unspecified atom stereocenters. The van der Waals surface area contributed by atoms with E-state index in [1.54, 1.807) is 6.07 Å². The Balaban J connectivity index is 1.77. The largest absolute Gasteiger partial charge is 0.506 e. The van der Waals surface area contributed by atoms with Gasteiger partial charge in [0.2, 0.25) is 5.95 Å². The van der Waals surface area contributed by atoms with E-state index >= 15 is 0 Å². The molecule has 0 spiro atoms. The lowest BCUT2D eigenvalue weighted by atomic mass is 10.1. The molecule has 2 aromatic heterocycles. The van der Waals surface area contributed by atoms with E-state index in [1.807, 2.05) is 25.1 Å². The number of aryl methyl sites for hydroxylation is 2. The number of anilines is 1. The minimum atomic E-state index is 0.221. The van der Waals surface area contributed by atoms with E-state index in [-0.39, 0.29) is 5.75 Å². The molecule has 0 saturated carbocycles. The topological polar surface area (TPSA) is 75.0 Å². The van der Waals surface area contributed by atoms with Crippen LogP contribution in [-0.2, 0) is 6.54 Å². The van der Waals surface area contributed by atoms with Gasteiger partial charge in [0.25, 0.3) is 0 Å². The number of benzene rings is 1. The Morgan fingerprint density at radius 3 is 2.77 bits per heavy atom. The lowest BCUT2D eigenvalue weighted by Gasteiger charge is -2.24. The quantitative estimate of drug-likeness (QED) is 0.674. The van der Waals surface area contributed by atoms with Gasteiger partial charge in [-0.1, -0.05) is 12.1 Å². The SMILES string of the molecule is Cc1ccc(O)c(Cn2c(NC3CCNCC3)nc3cccc(C)c32)n1. The van der Waals surface area contributed by atoms with Gasteiger partial charge in [0.15, 0.2) is 0 Å². The zero-order valence-corrected chi connectivity index (χ0v) is 15.3. The van der Waals surface area contributed by atoms with Crippen LogP contribution in [0.15, 0.2) is 30.3 Å². The number of hydrogen-bond donors (Lipinski definition) is 3. The van der Waals surface area contributed by atoms with E-state index in [0.717, 1.165) is 48.6 Å². The maximum Gasteiger partial charge on any atom is 0.204 e. The molecule has 1 saturated heterocycles. The molecule has 6 nitrogen and oxygen atoms in total. The number of piperidine rings is 1. The highest BCUT2D eigenvalue weighted by molar-refractivity contribution is 5.82. The maximum absolute atomic E-state index is 10.3. The molecule has 0 radical (unpaired) electrons. The molecule has 4 rings (SSSR count). The Hall–Kier alpha value is -2.60. The van der Waals surface area contributed by atoms with Gasteiger partial charge < -0.3 is 20.3 Å². The maximum atomic E-state index is 10.3. The van der Waals surface area contributed by atoms with Crippen LogP contribution >= 0.6 is 0 Å². The number of aromatic hydroxyl groups is 1. The second kappa shape index (κ2) is 6.96. The molecule has 6 heteroatoms. The third-order valence-electron chi connectivity index (χ3n) is 5.04. The lowest BCUT2D eigenvalue weighted by molar-refractivity contribution is 0.460. The van der Waals surface area contributed by atoms with Gasteiger partial charge >= 0.3 is 0 Å². The first-order valence-electron chi connectivity index (χ1n) is 9.20. The van der Waals surface area contributed by atoms with Crippen molar-refractivity contribution in [2.45, 2.75) is 39.3 Å². The monoisotopic (exact) mass is 351 g/mol. The van der Waals surface area contributed by atoms with Crippen molar-refractivity contribution >= 4 is 17.0 Å². The molecular formula is C20H25N5O. The molecular weight excluding hydrogens is 326 g/mol. The van der Waals surface area contributed by atoms with Crippen LogP contribution in [-0.4, -0.2) is 38.8 Å². The van der Waals surface area contributed by atoms with Gasteiger partial charge in [-0.15, -0.1) is 0 Å². The Labute approximate surface area is 153 Å². The van der Waals surface area contributed by atoms with Crippen molar-refractivity contribution in [1.29, 1.82) is 0 Å². The second-order valence-corrected chi connectivity index (χ2v) is 7.05. The summed E-state index contributed by atoms with van der Waals surface area (Å²) in [6, 6.07) is 10.1. The van der Waals surface area contributed by atoms with Gasteiger partial charge in [-0.25, -0.2) is 4.98 Å². The molecule has 136 valence electrons. The average molecular weight is 351 g/mol. The molecule has 0 atom stereocenters. The molecule has 26 heavy (non-hydrogen) atoms. The summed E-state index contributed by atoms with van der Waals surface area (Å²) in [7, 11) is 0. The number of nitrogens with zero attached hydrogens (tertiary/aromatic N) is 3. The van der Waals surface area contributed by atoms with E-state index < -0.39 is 0 Å². The Morgan fingerprint density at radius 1 is 1.15 bits per heavy atom. The standard InChI is InChI=1S/C20H25N5O/c1-13-4-3-5-16-19(13)25(12-17-18(26)7-6-14(2)22-17)20(24-16)23-15-8-10-21-11-9-15/h3-7,15,21,26H,8-12H2,1-2H3,(H,23,24). The number of imidazole rings is 1. The molecule has 0 bridgehead atoms. The Bertz CT molecular complexity index is 927. The molecule has 1 aliphatic rings. The van der Waals surface area contributed by atoms with Crippen LogP contribution in [0.25, 0.3) is 11.0 Å². The van der Waals surface area contributed by atoms with Crippen LogP contribution in [0.5, 0.6) is 5.75 Å². The normalized spacial score (nSPS) is 15.5. The zero-order chi connectivity index (χ0) is 18.1. The van der Waals surface area contributed by atoms with Crippen LogP contribution in [0.1, 0.15) is 29.8 Å². The molecule has 1 fully saturated rings. The van der Waals surface area contributed by atoms with Crippen LogP contribution in [0.2, 0.25) is 0 Å². The number of hydrogen-bond acceptors (Lipinski definition) is 5. The van der Waals surface area contributed by atoms with Gasteiger partial charge in [0.05, 0.1) is 17.6 Å². The van der Waals surface area contributed by atoms with Crippen LogP contribution < -0.4 is 10.6 Å². The first kappa shape index (κ1) is 16.8. The molecule has 3 aromatic rings. The van der Waals surface area contributed by atoms with Crippen molar-refractivity contribution in [2.75, 3.05) is 18.4 Å². The van der Waals surface area contributed by atoms with Crippen molar-refractivity contribution in [1.82, 2.24) is 19.9 Å². The number of fused-ring (bicyclic) bond motifs is 1. The fourth-order valence-corrected chi connectivity index (χ4v) is 3.65. The number of aromatic nitrogens is 3. The molecule has 3 N–H and O–H groups in total. The number of pyridine rings is 1. The first-order valence-corrected chi connectivity index (χ1v) is 9.20. The van der Waals surface area contributed by atoms with Crippen molar-refractivity contribution in [2.24, 2.45) is 0 Å². The van der Waals surface area contributed by atoms with Crippen LogP contribution in [0.4, 0.5) is 5.95 Å². The summed E-state index contributed by atoms with van der Waals surface area (Å²) < 4.78 is 2.15. The summed E-state index contributed by atoms with van der Waals surface area (Å²) in [5.41, 5.74) is 4.79. The fraction of sp³-hybridized carbons (Fsp3) is 0.400. The average Bonchev–Trinajstić information content (AvgIpc) is 2.97. The number of rotatable bonds is 4. The van der Waals surface area contributed by atoms with E-state index in [1.165, 1.54) is 5.56 Å². The second-order valence-electron chi connectivity index (χ2n) is 7.05. The molecule has 0 aliphatic carbocycles. The summed E-state index contributed by atoms with van der Waals surface area (Å²) in [6.07, 6.45) is 2.16. The third kappa shape index (κ3) is 3.24. The number of para-hydroxylation sites is 1. The summed E-state index contributed by atoms with van der Waals surface area (Å²) in [5, 5.41) is 17.3. The van der Waals surface area contributed by atoms with Gasteiger partial charge in [-0.2, -0.15) is 0 Å². The van der Waals surface area contributed by atoms with E-state index in [2.05, 4.69) is 33.2 Å². The summed E-state index contributed by atoms with van der Waals surface area (Å²) in [5.74, 6) is 1.07. The van der Waals surface area contributed by atoms with Crippen LogP contribution in [0.3, 0.4) is 0 Å². The smallest absolute Gasteiger partial charge is 0.204 e. The van der Waals surface area contributed by atoms with Crippen molar-refractivity contribution in [3.8, 4) is 5.75 Å². The number of nitrogens with one attached hydrogen (secondary N) is 2. The first-order chi connectivity index (χ1) is 12.6. The molecule has 1 aliphatic heterocycles. The van der Waals surface area contributed by atoms with Crippen molar-refractivity contribution in [3.05, 3.63) is 47.3 Å². The van der Waals surface area contributed by atoms with Crippen LogP contribution in [0, 0.1) is 13.8 Å². The van der Waals surface area contributed by atoms with Gasteiger partial charge in [0, 0.05) is 11.7 Å². The van der Waals surface area contributed by atoms with Crippen molar-refractivity contribution < 1.29 is 5.11 Å². The van der Waals surface area contributed by atoms with E-state index in [0.29, 0.717) is 18.3 Å². The highest BCUT2D eigenvalue weighted by Gasteiger charge is 2.19. The van der Waals surface area contributed by atoms with E-state index in [4.69, 9.17) is 4.98 Å². The van der Waals surface area contributed by atoms with Crippen molar-refractivity contribution in [3.63, 3.8) is 0 Å². The summed E-state index contributed by atoms with van der Waals surface area (Å²) in [6.45, 7) is 6.57. The van der Waals surface area contributed by atoms with Gasteiger partial charge in [-0.3, -0.25) is 4.98 Å². The fourth-order valence-electron chi connectivity index (χ4n) is 3.65. The Kier molecular flexibility index (Phi) is 4.51. The lowest BCUT2D eigenvalue weighted by Crippen LogP contribution is -2.36. The third-order valence-corrected chi connectivity index (χ3v) is 5.04. The highest BCUT2D eigenvalue weighted by atomic mass is 16.3. The summed E-state index contributed by atoms with van der Waals surface area (Å²) in [4.78, 5) is 9.37. The van der Waals surface area contributed by atoms with Gasteiger partial charge in [-0.05, 0) is 63.5 Å². The minimum Gasteiger partial charge on any atom is -0.506 e. The zero-order valence-electron chi connectivity index (χ0n) is 15.3. The molecule has 0 amide bonds. The Morgan fingerprint density at radius 2 is 1.96 bits per heavy atom. The predicted molar refractivity (Wildman–Crippen MR) is 104 cm³/mol.